The maximum absolute atomic E-state index is 12.0. The number of pyridine rings is 1. The van der Waals surface area contributed by atoms with Crippen LogP contribution in [-0.2, 0) is 9.47 Å². The largest absolute Gasteiger partial charge is 0.506 e. The van der Waals surface area contributed by atoms with Crippen molar-refractivity contribution in [3.8, 4) is 5.75 Å². The van der Waals surface area contributed by atoms with Crippen LogP contribution in [0.4, 0.5) is 0 Å². The number of nitrogens with one attached hydrogen (secondary N) is 1. The van der Waals surface area contributed by atoms with E-state index in [1.807, 2.05) is 6.92 Å². The number of ether oxygens (including phenoxy) is 2. The van der Waals surface area contributed by atoms with E-state index in [9.17, 15) is 4.79 Å². The van der Waals surface area contributed by atoms with E-state index in [0.29, 0.717) is 26.2 Å². The molecule has 2 N–H and O–H groups in total. The molecule has 1 aromatic heterocycles. The number of nitrogens with zero attached hydrogens (tertiary/aromatic N) is 1. The monoisotopic (exact) mass is 266 g/mol. The lowest BCUT2D eigenvalue weighted by atomic mass is 10.1. The average Bonchev–Trinajstić information content (AvgIpc) is 2.42. The first-order valence-corrected chi connectivity index (χ1v) is 6.36. The zero-order valence-electron chi connectivity index (χ0n) is 10.8. The summed E-state index contributed by atoms with van der Waals surface area (Å²) < 4.78 is 10.9. The van der Waals surface area contributed by atoms with Gasteiger partial charge in [-0.15, -0.1) is 0 Å². The predicted molar refractivity (Wildman–Crippen MR) is 68.0 cm³/mol. The molecule has 2 atom stereocenters. The Bertz CT molecular complexity index is 419. The third-order valence-corrected chi connectivity index (χ3v) is 2.98. The maximum atomic E-state index is 12.0. The number of hydrogen-bond acceptors (Lipinski definition) is 5. The summed E-state index contributed by atoms with van der Waals surface area (Å²) in [4.78, 5) is 15.9. The van der Waals surface area contributed by atoms with E-state index in [-0.39, 0.29) is 29.5 Å². The van der Waals surface area contributed by atoms with E-state index in [0.717, 1.165) is 0 Å². The minimum absolute atomic E-state index is 0.0369. The van der Waals surface area contributed by atoms with Crippen molar-refractivity contribution < 1.29 is 19.4 Å². The minimum Gasteiger partial charge on any atom is -0.506 e. The highest BCUT2D eigenvalue weighted by molar-refractivity contribution is 5.92. The van der Waals surface area contributed by atoms with E-state index < -0.39 is 0 Å². The molecule has 2 heterocycles. The zero-order valence-corrected chi connectivity index (χ0v) is 10.8. The molecular weight excluding hydrogens is 248 g/mol. The zero-order chi connectivity index (χ0) is 13.7. The first-order valence-electron chi connectivity index (χ1n) is 6.36. The highest BCUT2D eigenvalue weighted by atomic mass is 16.5. The lowest BCUT2D eigenvalue weighted by molar-refractivity contribution is -0.0633. The molecule has 0 aliphatic carbocycles. The second-order valence-electron chi connectivity index (χ2n) is 4.34. The molecule has 6 nitrogen and oxygen atoms in total. The second kappa shape index (κ2) is 6.49. The lowest BCUT2D eigenvalue weighted by Crippen LogP contribution is -2.50. The molecule has 0 saturated carbocycles. The Morgan fingerprint density at radius 2 is 2.47 bits per heavy atom. The van der Waals surface area contributed by atoms with Gasteiger partial charge in [0.2, 0.25) is 0 Å². The average molecular weight is 266 g/mol. The van der Waals surface area contributed by atoms with Gasteiger partial charge < -0.3 is 19.9 Å². The van der Waals surface area contributed by atoms with Gasteiger partial charge in [0.15, 0.2) is 0 Å². The number of rotatable bonds is 4. The van der Waals surface area contributed by atoms with Crippen molar-refractivity contribution in [3.05, 3.63) is 24.0 Å². The number of carbonyl (C=O) groups is 1. The summed E-state index contributed by atoms with van der Waals surface area (Å²) in [5.41, 5.74) is 0.277. The van der Waals surface area contributed by atoms with Crippen LogP contribution in [0.25, 0.3) is 0 Å². The number of aromatic hydroxyl groups is 1. The standard InChI is InChI=1S/C13H18N2O4/c1-2-19-12-8-18-6-5-10(12)15-13(17)11-4-3-9(16)7-14-11/h3-4,7,10,12,16H,2,5-6,8H2,1H3,(H,15,17)/t10-,12-/m1/s1. The summed E-state index contributed by atoms with van der Waals surface area (Å²) in [6, 6.07) is 2.85. The van der Waals surface area contributed by atoms with Gasteiger partial charge in [-0.2, -0.15) is 0 Å². The van der Waals surface area contributed by atoms with E-state index in [2.05, 4.69) is 10.3 Å². The smallest absolute Gasteiger partial charge is 0.270 e. The minimum atomic E-state index is -0.267. The molecular formula is C13H18N2O4. The van der Waals surface area contributed by atoms with Crippen molar-refractivity contribution in [2.75, 3.05) is 19.8 Å². The van der Waals surface area contributed by atoms with Crippen molar-refractivity contribution in [3.63, 3.8) is 0 Å². The van der Waals surface area contributed by atoms with Gasteiger partial charge in [-0.1, -0.05) is 0 Å². The summed E-state index contributed by atoms with van der Waals surface area (Å²) in [5, 5.41) is 12.0. The van der Waals surface area contributed by atoms with Gasteiger partial charge in [0.1, 0.15) is 17.5 Å². The number of hydrogen-bond donors (Lipinski definition) is 2. The third kappa shape index (κ3) is 3.65. The molecule has 0 unspecified atom stereocenters. The fourth-order valence-corrected chi connectivity index (χ4v) is 2.02. The van der Waals surface area contributed by atoms with Gasteiger partial charge in [-0.25, -0.2) is 4.98 Å². The van der Waals surface area contributed by atoms with Crippen molar-refractivity contribution >= 4 is 5.91 Å². The van der Waals surface area contributed by atoms with Gasteiger partial charge in [-0.3, -0.25) is 4.79 Å². The van der Waals surface area contributed by atoms with Crippen LogP contribution in [0.15, 0.2) is 18.3 Å². The van der Waals surface area contributed by atoms with Crippen molar-refractivity contribution in [1.82, 2.24) is 10.3 Å². The molecule has 104 valence electrons. The fourth-order valence-electron chi connectivity index (χ4n) is 2.02. The fraction of sp³-hybridized carbons (Fsp3) is 0.538. The van der Waals surface area contributed by atoms with Crippen LogP contribution >= 0.6 is 0 Å². The Morgan fingerprint density at radius 3 is 3.16 bits per heavy atom. The molecule has 1 saturated heterocycles. The first kappa shape index (κ1) is 13.8. The Hall–Kier alpha value is -1.66. The quantitative estimate of drug-likeness (QED) is 0.839. The topological polar surface area (TPSA) is 80.7 Å². The number of carbonyl (C=O) groups excluding carboxylic acids is 1. The molecule has 6 heteroatoms. The molecule has 1 aliphatic heterocycles. The Kier molecular flexibility index (Phi) is 4.70. The van der Waals surface area contributed by atoms with Gasteiger partial charge >= 0.3 is 0 Å². The van der Waals surface area contributed by atoms with Crippen LogP contribution in [-0.4, -0.2) is 48.0 Å². The maximum Gasteiger partial charge on any atom is 0.270 e. The lowest BCUT2D eigenvalue weighted by Gasteiger charge is -2.31. The van der Waals surface area contributed by atoms with Crippen molar-refractivity contribution in [2.24, 2.45) is 0 Å². The van der Waals surface area contributed by atoms with Gasteiger partial charge in [0.25, 0.3) is 5.91 Å². The van der Waals surface area contributed by atoms with E-state index in [1.165, 1.54) is 18.3 Å². The van der Waals surface area contributed by atoms with E-state index in [4.69, 9.17) is 14.6 Å². The van der Waals surface area contributed by atoms with Crippen LogP contribution in [0.5, 0.6) is 5.75 Å². The van der Waals surface area contributed by atoms with Crippen LogP contribution in [0.3, 0.4) is 0 Å². The summed E-state index contributed by atoms with van der Waals surface area (Å²) in [6.45, 7) is 3.59. The number of amides is 1. The van der Waals surface area contributed by atoms with Crippen LogP contribution < -0.4 is 5.32 Å². The Morgan fingerprint density at radius 1 is 1.63 bits per heavy atom. The highest BCUT2D eigenvalue weighted by Gasteiger charge is 2.28. The molecule has 0 radical (unpaired) electrons. The summed E-state index contributed by atoms with van der Waals surface area (Å²) in [5.74, 6) is -0.230. The molecule has 1 amide bonds. The first-order chi connectivity index (χ1) is 9.20. The molecule has 2 rings (SSSR count). The SMILES string of the molecule is CCO[C@@H]1COCC[C@H]1NC(=O)c1ccc(O)cn1. The van der Waals surface area contributed by atoms with E-state index in [1.54, 1.807) is 0 Å². The predicted octanol–water partition coefficient (Wildman–Crippen LogP) is 0.711. The molecule has 1 fully saturated rings. The third-order valence-electron chi connectivity index (χ3n) is 2.98. The van der Waals surface area contributed by atoms with Gasteiger partial charge in [-0.05, 0) is 25.5 Å². The van der Waals surface area contributed by atoms with Crippen molar-refractivity contribution in [2.45, 2.75) is 25.5 Å². The number of aromatic nitrogens is 1. The molecule has 0 spiro atoms. The van der Waals surface area contributed by atoms with Gasteiger partial charge in [0, 0.05) is 13.2 Å². The summed E-state index contributed by atoms with van der Waals surface area (Å²) >= 11 is 0. The molecule has 0 bridgehead atoms. The van der Waals surface area contributed by atoms with E-state index >= 15 is 0 Å². The molecule has 1 aromatic rings. The summed E-state index contributed by atoms with van der Waals surface area (Å²) in [6.07, 6.45) is 1.84. The Balaban J connectivity index is 1.98. The normalized spacial score (nSPS) is 23.0. The second-order valence-corrected chi connectivity index (χ2v) is 4.34. The molecule has 0 aromatic carbocycles. The molecule has 19 heavy (non-hydrogen) atoms. The van der Waals surface area contributed by atoms with Crippen LogP contribution in [0, 0.1) is 0 Å². The highest BCUT2D eigenvalue weighted by Crippen LogP contribution is 2.13. The molecule has 1 aliphatic rings. The van der Waals surface area contributed by atoms with Crippen LogP contribution in [0.2, 0.25) is 0 Å². The Labute approximate surface area is 111 Å². The van der Waals surface area contributed by atoms with Crippen LogP contribution in [0.1, 0.15) is 23.8 Å². The van der Waals surface area contributed by atoms with Gasteiger partial charge in [0.05, 0.1) is 18.8 Å². The van der Waals surface area contributed by atoms with Crippen molar-refractivity contribution in [1.29, 1.82) is 0 Å². The summed E-state index contributed by atoms with van der Waals surface area (Å²) in [7, 11) is 0.